The molecule has 1 atom stereocenters. The molecule has 240 valence electrons. The van der Waals surface area contributed by atoms with Gasteiger partial charge in [0.15, 0.2) is 5.75 Å². The number of methoxy groups -OCH3 is 1. The molecular formula is C33H29F3N2O7S. The highest BCUT2D eigenvalue weighted by Crippen LogP contribution is 2.49. The Kier molecular flexibility index (Phi) is 8.24. The van der Waals surface area contributed by atoms with E-state index in [2.05, 4.69) is 9.50 Å². The van der Waals surface area contributed by atoms with Crippen LogP contribution in [0.4, 0.5) is 18.0 Å². The van der Waals surface area contributed by atoms with Crippen molar-refractivity contribution in [3.8, 4) is 28.4 Å². The van der Waals surface area contributed by atoms with Gasteiger partial charge >= 0.3 is 21.7 Å². The summed E-state index contributed by atoms with van der Waals surface area (Å²) >= 11 is 0. The third kappa shape index (κ3) is 6.23. The summed E-state index contributed by atoms with van der Waals surface area (Å²) in [5.74, 6) is -0.133. The van der Waals surface area contributed by atoms with Gasteiger partial charge in [-0.25, -0.2) is 9.79 Å². The number of halogens is 3. The molecule has 4 aromatic carbocycles. The highest BCUT2D eigenvalue weighted by atomic mass is 32.2. The number of nitrogens with zero attached hydrogens (tertiary/aromatic N) is 1. The number of fused-ring (bicyclic) bond motifs is 1. The number of phenolic OH excluding ortho intramolecular Hbond substituents is 1. The van der Waals surface area contributed by atoms with Crippen molar-refractivity contribution in [2.45, 2.75) is 37.4 Å². The number of hydrogen-bond acceptors (Lipinski definition) is 8. The molecule has 0 bridgehead atoms. The minimum Gasteiger partial charge on any atom is -0.508 e. The van der Waals surface area contributed by atoms with E-state index in [0.717, 1.165) is 6.07 Å². The summed E-state index contributed by atoms with van der Waals surface area (Å²) in [4.78, 5) is 17.9. The first-order valence-corrected chi connectivity index (χ1v) is 15.2. The number of carbonyl (C=O) groups is 1. The predicted molar refractivity (Wildman–Crippen MR) is 164 cm³/mol. The van der Waals surface area contributed by atoms with Gasteiger partial charge in [-0.1, -0.05) is 54.6 Å². The maximum Gasteiger partial charge on any atom is 0.534 e. The minimum absolute atomic E-state index is 0.0738. The lowest BCUT2D eigenvalue weighted by atomic mass is 9.77. The second kappa shape index (κ2) is 11.7. The molecule has 13 heteroatoms. The lowest BCUT2D eigenvalue weighted by Crippen LogP contribution is -2.36. The fraction of sp³-hybridized carbons (Fsp3) is 0.212. The first-order chi connectivity index (χ1) is 21.5. The minimum atomic E-state index is -6.05. The van der Waals surface area contributed by atoms with Crippen LogP contribution in [0.5, 0.6) is 17.2 Å². The average Bonchev–Trinajstić information content (AvgIpc) is 3.30. The molecule has 0 spiro atoms. The van der Waals surface area contributed by atoms with Gasteiger partial charge < -0.3 is 18.8 Å². The van der Waals surface area contributed by atoms with Gasteiger partial charge in [0, 0.05) is 11.1 Å². The normalized spacial score (nSPS) is 16.3. The Hall–Kier alpha value is -5.04. The van der Waals surface area contributed by atoms with Gasteiger partial charge in [-0.2, -0.15) is 21.6 Å². The maximum atomic E-state index is 13.4. The van der Waals surface area contributed by atoms with Crippen LogP contribution in [0.25, 0.3) is 11.1 Å². The molecule has 0 radical (unpaired) electrons. The van der Waals surface area contributed by atoms with Gasteiger partial charge in [-0.05, 0) is 79.4 Å². The summed E-state index contributed by atoms with van der Waals surface area (Å²) < 4.78 is 79.7. The summed E-state index contributed by atoms with van der Waals surface area (Å²) in [7, 11) is -4.54. The number of rotatable bonds is 6. The molecule has 9 nitrogen and oxygen atoms in total. The maximum absolute atomic E-state index is 13.4. The van der Waals surface area contributed by atoms with Crippen LogP contribution in [0.2, 0.25) is 0 Å². The molecule has 1 heterocycles. The van der Waals surface area contributed by atoms with E-state index in [1.54, 1.807) is 69.3 Å². The van der Waals surface area contributed by atoms with Crippen molar-refractivity contribution >= 4 is 22.0 Å². The molecule has 1 unspecified atom stereocenters. The van der Waals surface area contributed by atoms with E-state index < -0.39 is 38.6 Å². The Morgan fingerprint density at radius 1 is 0.870 bits per heavy atom. The monoisotopic (exact) mass is 654 g/mol. The van der Waals surface area contributed by atoms with Crippen LogP contribution >= 0.6 is 0 Å². The van der Waals surface area contributed by atoms with Gasteiger partial charge in [0.1, 0.15) is 28.5 Å². The number of aromatic hydroxyl groups is 1. The zero-order chi connectivity index (χ0) is 33.5. The van der Waals surface area contributed by atoms with Crippen molar-refractivity contribution in [2.24, 2.45) is 4.99 Å². The molecule has 0 aliphatic carbocycles. The second-order valence-corrected chi connectivity index (χ2v) is 12.9. The molecule has 1 aliphatic rings. The van der Waals surface area contributed by atoms with E-state index in [9.17, 15) is 31.5 Å². The quantitative estimate of drug-likeness (QED) is 0.172. The number of nitrogens with one attached hydrogen (secondary N) is 1. The molecule has 46 heavy (non-hydrogen) atoms. The fourth-order valence-corrected chi connectivity index (χ4v) is 5.60. The number of amides is 1. The van der Waals surface area contributed by atoms with E-state index in [1.807, 2.05) is 0 Å². The zero-order valence-electron chi connectivity index (χ0n) is 25.0. The summed E-state index contributed by atoms with van der Waals surface area (Å²) in [6, 6.07) is 23.5. The molecular weight excluding hydrogens is 625 g/mol. The first-order valence-electron chi connectivity index (χ1n) is 13.8. The summed E-state index contributed by atoms with van der Waals surface area (Å²) in [5, 5.41) is 12.9. The van der Waals surface area contributed by atoms with Crippen molar-refractivity contribution in [3.05, 3.63) is 113 Å². The summed E-state index contributed by atoms with van der Waals surface area (Å²) in [5.41, 5.74) is -5.71. The van der Waals surface area contributed by atoms with Gasteiger partial charge in [0.05, 0.1) is 7.11 Å². The molecule has 1 aliphatic heterocycles. The third-order valence-electron chi connectivity index (χ3n) is 7.02. The van der Waals surface area contributed by atoms with Crippen molar-refractivity contribution in [1.82, 2.24) is 5.32 Å². The van der Waals surface area contributed by atoms with Crippen LogP contribution in [0.3, 0.4) is 0 Å². The van der Waals surface area contributed by atoms with Gasteiger partial charge in [0.25, 0.3) is 0 Å². The molecule has 1 amide bonds. The number of phenols is 1. The molecule has 0 fully saturated rings. The van der Waals surface area contributed by atoms with Crippen LogP contribution in [-0.4, -0.2) is 43.7 Å². The lowest BCUT2D eigenvalue weighted by Gasteiger charge is -2.30. The average molecular weight is 655 g/mol. The summed E-state index contributed by atoms with van der Waals surface area (Å²) in [6.45, 7) is 5.14. The molecule has 4 aromatic rings. The fourth-order valence-electron chi connectivity index (χ4n) is 5.12. The van der Waals surface area contributed by atoms with Crippen LogP contribution in [-0.2, 0) is 20.4 Å². The number of alkyl carbamates (subject to hydrolysis) is 1. The number of carbonyl (C=O) groups excluding carboxylic acids is 1. The van der Waals surface area contributed by atoms with Crippen molar-refractivity contribution in [2.75, 3.05) is 7.11 Å². The number of ether oxygens (including phenoxy) is 2. The van der Waals surface area contributed by atoms with Gasteiger partial charge in [-0.15, -0.1) is 0 Å². The van der Waals surface area contributed by atoms with Gasteiger partial charge in [0.2, 0.25) is 0 Å². The van der Waals surface area contributed by atoms with E-state index in [1.165, 1.54) is 43.5 Å². The molecule has 0 saturated heterocycles. The second-order valence-electron chi connectivity index (χ2n) is 11.3. The van der Waals surface area contributed by atoms with E-state index in [4.69, 9.17) is 14.5 Å². The van der Waals surface area contributed by atoms with Crippen LogP contribution in [0, 0.1) is 0 Å². The highest BCUT2D eigenvalue weighted by Gasteiger charge is 2.49. The van der Waals surface area contributed by atoms with Crippen LogP contribution in [0.1, 0.15) is 43.0 Å². The SMILES string of the molecule is COc1ccc(C2(c3ccc(OS(=O)(=O)C(F)(F)F)c(-c4cccc(O)c4)c3)N=C(NC(=O)OC(C)(C)C)c3ccccc32)cc1. The number of aliphatic imine (C=N–C) groups is 1. The van der Waals surface area contributed by atoms with E-state index in [-0.39, 0.29) is 22.7 Å². The lowest BCUT2D eigenvalue weighted by molar-refractivity contribution is -0.0499. The Balaban J connectivity index is 1.79. The number of benzene rings is 4. The number of alkyl halides is 3. The van der Waals surface area contributed by atoms with Crippen LogP contribution in [0.15, 0.2) is 96.0 Å². The number of amidine groups is 1. The van der Waals surface area contributed by atoms with E-state index in [0.29, 0.717) is 28.0 Å². The Labute approximate surface area is 263 Å². The summed E-state index contributed by atoms with van der Waals surface area (Å²) in [6.07, 6.45) is -0.756. The first kappa shape index (κ1) is 32.4. The van der Waals surface area contributed by atoms with E-state index >= 15 is 0 Å². The smallest absolute Gasteiger partial charge is 0.508 e. The molecule has 0 saturated carbocycles. The third-order valence-corrected chi connectivity index (χ3v) is 7.98. The van der Waals surface area contributed by atoms with Crippen LogP contribution < -0.4 is 14.2 Å². The molecule has 0 aromatic heterocycles. The number of hydrogen-bond donors (Lipinski definition) is 2. The van der Waals surface area contributed by atoms with Crippen molar-refractivity contribution in [1.29, 1.82) is 0 Å². The Bertz CT molecular complexity index is 1940. The van der Waals surface area contributed by atoms with Gasteiger partial charge in [-0.3, -0.25) is 5.32 Å². The largest absolute Gasteiger partial charge is 0.534 e. The highest BCUT2D eigenvalue weighted by molar-refractivity contribution is 7.88. The molecule has 2 N–H and O–H groups in total. The molecule has 5 rings (SSSR count). The standard InChI is InChI=1S/C33H29F3N2O7S/c1-31(2,3)44-30(40)37-29-25-10-5-6-11-27(25)32(38-29,21-12-15-24(43-4)16-13-21)22-14-17-28(45-46(41,42)33(34,35)36)26(19-22)20-8-7-9-23(39)18-20/h5-19,39H,1-4H3,(H,37,38,40). The Morgan fingerprint density at radius 3 is 2.17 bits per heavy atom. The zero-order valence-corrected chi connectivity index (χ0v) is 25.9. The Morgan fingerprint density at radius 2 is 1.54 bits per heavy atom. The van der Waals surface area contributed by atoms with Crippen molar-refractivity contribution < 1.29 is 45.1 Å². The van der Waals surface area contributed by atoms with Crippen molar-refractivity contribution in [3.63, 3.8) is 0 Å². The topological polar surface area (TPSA) is 124 Å². The predicted octanol–water partition coefficient (Wildman–Crippen LogP) is 6.87.